The molecule has 0 heterocycles. The van der Waals surface area contributed by atoms with E-state index in [9.17, 15) is 5.11 Å². The highest BCUT2D eigenvalue weighted by Crippen LogP contribution is 2.30. The SMILES string of the molecule is C=C[C@@](C)(CCC=C(C)C)[C@@H](O)/C=C/c1ccccc1. The van der Waals surface area contributed by atoms with Gasteiger partial charge in [0.2, 0.25) is 0 Å². The van der Waals surface area contributed by atoms with Gasteiger partial charge in [-0.3, -0.25) is 0 Å². The Hall–Kier alpha value is -1.60. The minimum Gasteiger partial charge on any atom is -0.388 e. The van der Waals surface area contributed by atoms with Gasteiger partial charge in [-0.2, -0.15) is 0 Å². The summed E-state index contributed by atoms with van der Waals surface area (Å²) in [5, 5.41) is 10.4. The Morgan fingerprint density at radius 3 is 2.50 bits per heavy atom. The summed E-state index contributed by atoms with van der Waals surface area (Å²) in [5.41, 5.74) is 2.12. The monoisotopic (exact) mass is 270 g/mol. The van der Waals surface area contributed by atoms with E-state index >= 15 is 0 Å². The van der Waals surface area contributed by atoms with Crippen LogP contribution in [0.2, 0.25) is 0 Å². The normalized spacial score (nSPS) is 15.6. The van der Waals surface area contributed by atoms with Crippen LogP contribution in [0.5, 0.6) is 0 Å². The lowest BCUT2D eigenvalue weighted by Gasteiger charge is -2.29. The third-order valence-electron chi connectivity index (χ3n) is 3.65. The van der Waals surface area contributed by atoms with E-state index in [0.29, 0.717) is 0 Å². The van der Waals surface area contributed by atoms with Gasteiger partial charge in [-0.15, -0.1) is 6.58 Å². The van der Waals surface area contributed by atoms with Gasteiger partial charge in [-0.25, -0.2) is 0 Å². The van der Waals surface area contributed by atoms with E-state index in [1.165, 1.54) is 5.57 Å². The van der Waals surface area contributed by atoms with Crippen LogP contribution in [0.4, 0.5) is 0 Å². The Morgan fingerprint density at radius 1 is 1.30 bits per heavy atom. The fraction of sp³-hybridized carbons (Fsp3) is 0.368. The molecule has 1 heteroatoms. The van der Waals surface area contributed by atoms with Crippen molar-refractivity contribution in [1.82, 2.24) is 0 Å². The average molecular weight is 270 g/mol. The van der Waals surface area contributed by atoms with Crippen molar-refractivity contribution in [3.8, 4) is 0 Å². The van der Waals surface area contributed by atoms with Crippen LogP contribution in [0.15, 0.2) is 60.7 Å². The number of hydrogen-bond donors (Lipinski definition) is 1. The van der Waals surface area contributed by atoms with Crippen LogP contribution in [0.25, 0.3) is 6.08 Å². The standard InChI is InChI=1S/C19H26O/c1-5-19(4,15-9-10-16(2)3)18(20)14-13-17-11-7-6-8-12-17/h5-8,10-14,18,20H,1,9,15H2,2-4H3/b14-13+/t18-,19-/m0/s1. The molecule has 108 valence electrons. The van der Waals surface area contributed by atoms with Gasteiger partial charge in [0.25, 0.3) is 0 Å². The minimum atomic E-state index is -0.522. The van der Waals surface area contributed by atoms with E-state index in [4.69, 9.17) is 0 Å². The molecule has 0 fully saturated rings. The van der Waals surface area contributed by atoms with Crippen molar-refractivity contribution in [1.29, 1.82) is 0 Å². The third kappa shape index (κ3) is 5.18. The summed E-state index contributed by atoms with van der Waals surface area (Å²) in [5.74, 6) is 0. The van der Waals surface area contributed by atoms with Crippen LogP contribution >= 0.6 is 0 Å². The number of allylic oxidation sites excluding steroid dienone is 2. The van der Waals surface area contributed by atoms with Gasteiger partial charge in [0.1, 0.15) is 0 Å². The zero-order valence-corrected chi connectivity index (χ0v) is 12.8. The Labute approximate surface area is 123 Å². The number of hydrogen-bond acceptors (Lipinski definition) is 1. The molecule has 0 radical (unpaired) electrons. The van der Waals surface area contributed by atoms with Crippen LogP contribution in [0.3, 0.4) is 0 Å². The summed E-state index contributed by atoms with van der Waals surface area (Å²) in [4.78, 5) is 0. The van der Waals surface area contributed by atoms with Crippen molar-refractivity contribution < 1.29 is 5.11 Å². The van der Waals surface area contributed by atoms with E-state index in [1.54, 1.807) is 0 Å². The first kappa shape index (κ1) is 16.5. The fourth-order valence-corrected chi connectivity index (χ4v) is 2.03. The first-order chi connectivity index (χ1) is 9.48. The summed E-state index contributed by atoms with van der Waals surface area (Å²) in [6.07, 6.45) is 9.22. The molecule has 0 saturated heterocycles. The van der Waals surface area contributed by atoms with E-state index < -0.39 is 6.10 Å². The molecule has 1 N–H and O–H groups in total. The Morgan fingerprint density at radius 2 is 1.95 bits per heavy atom. The molecule has 0 bridgehead atoms. The highest BCUT2D eigenvalue weighted by molar-refractivity contribution is 5.49. The van der Waals surface area contributed by atoms with Crippen LogP contribution < -0.4 is 0 Å². The molecule has 1 rings (SSSR count). The van der Waals surface area contributed by atoms with Gasteiger partial charge in [0.05, 0.1) is 6.10 Å². The van der Waals surface area contributed by atoms with Crippen molar-refractivity contribution in [3.63, 3.8) is 0 Å². The molecule has 0 aromatic heterocycles. The summed E-state index contributed by atoms with van der Waals surface area (Å²) < 4.78 is 0. The lowest BCUT2D eigenvalue weighted by atomic mass is 9.79. The second kappa shape index (κ2) is 7.86. The highest BCUT2D eigenvalue weighted by Gasteiger charge is 2.26. The summed E-state index contributed by atoms with van der Waals surface area (Å²) >= 11 is 0. The molecule has 1 nitrogen and oxygen atoms in total. The molecule has 0 unspecified atom stereocenters. The molecular formula is C19H26O. The molecule has 0 aliphatic carbocycles. The Balaban J connectivity index is 2.70. The van der Waals surface area contributed by atoms with Gasteiger partial charge in [0.15, 0.2) is 0 Å². The molecule has 0 aliphatic heterocycles. The van der Waals surface area contributed by atoms with Crippen molar-refractivity contribution in [2.45, 2.75) is 39.7 Å². The third-order valence-corrected chi connectivity index (χ3v) is 3.65. The van der Waals surface area contributed by atoms with E-state index in [1.807, 2.05) is 48.6 Å². The predicted octanol–water partition coefficient (Wildman–Crippen LogP) is 5.00. The maximum absolute atomic E-state index is 10.4. The quantitative estimate of drug-likeness (QED) is 0.691. The molecule has 0 amide bonds. The fourth-order valence-electron chi connectivity index (χ4n) is 2.03. The summed E-state index contributed by atoms with van der Waals surface area (Å²) in [7, 11) is 0. The number of benzene rings is 1. The van der Waals surface area contributed by atoms with E-state index in [0.717, 1.165) is 18.4 Å². The lowest BCUT2D eigenvalue weighted by Crippen LogP contribution is -2.28. The molecule has 20 heavy (non-hydrogen) atoms. The average Bonchev–Trinajstić information content (AvgIpc) is 2.45. The number of aliphatic hydroxyl groups is 1. The molecule has 1 aromatic carbocycles. The topological polar surface area (TPSA) is 20.2 Å². The first-order valence-electron chi connectivity index (χ1n) is 7.16. The maximum Gasteiger partial charge on any atom is 0.0812 e. The number of rotatable bonds is 7. The smallest absolute Gasteiger partial charge is 0.0812 e. The number of aliphatic hydroxyl groups excluding tert-OH is 1. The maximum atomic E-state index is 10.4. The summed E-state index contributed by atoms with van der Waals surface area (Å²) in [6, 6.07) is 10.0. The van der Waals surface area contributed by atoms with Crippen LogP contribution in [0, 0.1) is 5.41 Å². The lowest BCUT2D eigenvalue weighted by molar-refractivity contribution is 0.107. The molecular weight excluding hydrogens is 244 g/mol. The Kier molecular flexibility index (Phi) is 6.47. The van der Waals surface area contributed by atoms with Crippen molar-refractivity contribution in [3.05, 3.63) is 66.3 Å². The van der Waals surface area contributed by atoms with Crippen LogP contribution in [-0.2, 0) is 0 Å². The zero-order valence-electron chi connectivity index (χ0n) is 12.8. The van der Waals surface area contributed by atoms with Gasteiger partial charge >= 0.3 is 0 Å². The molecule has 0 aliphatic rings. The van der Waals surface area contributed by atoms with Gasteiger partial charge in [-0.05, 0) is 32.3 Å². The molecule has 0 spiro atoms. The Bertz CT molecular complexity index is 466. The van der Waals surface area contributed by atoms with E-state index in [-0.39, 0.29) is 5.41 Å². The van der Waals surface area contributed by atoms with Crippen molar-refractivity contribution in [2.24, 2.45) is 5.41 Å². The van der Waals surface area contributed by atoms with Crippen molar-refractivity contribution in [2.75, 3.05) is 0 Å². The molecule has 2 atom stereocenters. The molecule has 0 saturated carbocycles. The zero-order chi connectivity index (χ0) is 15.0. The second-order valence-corrected chi connectivity index (χ2v) is 5.74. The summed E-state index contributed by atoms with van der Waals surface area (Å²) in [6.45, 7) is 10.1. The van der Waals surface area contributed by atoms with Gasteiger partial charge in [0, 0.05) is 5.41 Å². The second-order valence-electron chi connectivity index (χ2n) is 5.74. The predicted molar refractivity (Wildman–Crippen MR) is 88.5 cm³/mol. The van der Waals surface area contributed by atoms with Crippen LogP contribution in [0.1, 0.15) is 39.2 Å². The minimum absolute atomic E-state index is 0.294. The van der Waals surface area contributed by atoms with Gasteiger partial charge in [-0.1, -0.05) is 67.1 Å². The van der Waals surface area contributed by atoms with Crippen molar-refractivity contribution >= 4 is 6.08 Å². The van der Waals surface area contributed by atoms with Crippen LogP contribution in [-0.4, -0.2) is 11.2 Å². The molecule has 1 aromatic rings. The highest BCUT2D eigenvalue weighted by atomic mass is 16.3. The largest absolute Gasteiger partial charge is 0.388 e. The van der Waals surface area contributed by atoms with Gasteiger partial charge < -0.3 is 5.11 Å². The van der Waals surface area contributed by atoms with E-state index in [2.05, 4.69) is 33.4 Å². The first-order valence-corrected chi connectivity index (χ1v) is 7.16.